The molecule has 2 aromatic rings. The van der Waals surface area contributed by atoms with Gasteiger partial charge in [-0.15, -0.1) is 0 Å². The van der Waals surface area contributed by atoms with Crippen LogP contribution in [0.4, 0.5) is 0 Å². The summed E-state index contributed by atoms with van der Waals surface area (Å²) < 4.78 is 11.4. The third-order valence-electron chi connectivity index (χ3n) is 5.32. The summed E-state index contributed by atoms with van der Waals surface area (Å²) in [7, 11) is 0. The van der Waals surface area contributed by atoms with Gasteiger partial charge in [0.1, 0.15) is 11.5 Å². The van der Waals surface area contributed by atoms with Gasteiger partial charge in [-0.3, -0.25) is 9.59 Å². The van der Waals surface area contributed by atoms with E-state index < -0.39 is 6.10 Å². The molecule has 1 unspecified atom stereocenters. The Bertz CT molecular complexity index is 893. The topological polar surface area (TPSA) is 59.1 Å². The van der Waals surface area contributed by atoms with Crippen molar-refractivity contribution in [2.45, 2.75) is 26.9 Å². The zero-order valence-corrected chi connectivity index (χ0v) is 18.3. The lowest BCUT2D eigenvalue weighted by Crippen LogP contribution is -2.54. The summed E-state index contributed by atoms with van der Waals surface area (Å²) in [6, 6.07) is 12.7. The first-order chi connectivity index (χ1) is 14.3. The van der Waals surface area contributed by atoms with Crippen molar-refractivity contribution in [3.05, 3.63) is 58.6 Å². The van der Waals surface area contributed by atoms with Crippen molar-refractivity contribution in [2.75, 3.05) is 32.8 Å². The highest BCUT2D eigenvalue weighted by atomic mass is 35.5. The van der Waals surface area contributed by atoms with Crippen LogP contribution in [0, 0.1) is 13.8 Å². The molecule has 3 rings (SSSR count). The van der Waals surface area contributed by atoms with E-state index >= 15 is 0 Å². The number of hydrogen-bond donors (Lipinski definition) is 0. The fourth-order valence-electron chi connectivity index (χ4n) is 3.31. The Balaban J connectivity index is 1.46. The van der Waals surface area contributed by atoms with Crippen LogP contribution in [0.2, 0.25) is 5.02 Å². The molecule has 0 N–H and O–H groups in total. The molecule has 1 heterocycles. The largest absolute Gasteiger partial charge is 0.483 e. The van der Waals surface area contributed by atoms with Gasteiger partial charge < -0.3 is 19.3 Å². The molecule has 0 aromatic heterocycles. The second-order valence-corrected chi connectivity index (χ2v) is 7.84. The first kappa shape index (κ1) is 22.0. The van der Waals surface area contributed by atoms with E-state index in [0.717, 1.165) is 16.9 Å². The number of amides is 2. The van der Waals surface area contributed by atoms with E-state index in [1.54, 1.807) is 41.0 Å². The summed E-state index contributed by atoms with van der Waals surface area (Å²) in [5, 5.41) is 0.614. The lowest BCUT2D eigenvalue weighted by molar-refractivity contribution is -0.144. The zero-order chi connectivity index (χ0) is 21.7. The van der Waals surface area contributed by atoms with E-state index in [-0.39, 0.29) is 18.4 Å². The fourth-order valence-corrected chi connectivity index (χ4v) is 3.44. The molecule has 7 heteroatoms. The highest BCUT2D eigenvalue weighted by Crippen LogP contribution is 2.21. The number of aryl methyl sites for hydroxylation is 1. The Hall–Kier alpha value is -2.73. The number of hydrogen-bond acceptors (Lipinski definition) is 4. The molecule has 0 spiro atoms. The third kappa shape index (κ3) is 5.45. The molecule has 1 saturated heterocycles. The molecule has 0 saturated carbocycles. The van der Waals surface area contributed by atoms with E-state index in [4.69, 9.17) is 21.1 Å². The van der Waals surface area contributed by atoms with Crippen LogP contribution < -0.4 is 9.47 Å². The minimum atomic E-state index is -0.610. The normalized spacial score (nSPS) is 14.9. The van der Waals surface area contributed by atoms with Crippen molar-refractivity contribution in [3.8, 4) is 11.5 Å². The van der Waals surface area contributed by atoms with Gasteiger partial charge in [0.05, 0.1) is 0 Å². The first-order valence-corrected chi connectivity index (χ1v) is 10.4. The summed E-state index contributed by atoms with van der Waals surface area (Å²) in [6.45, 7) is 7.62. The van der Waals surface area contributed by atoms with Crippen molar-refractivity contribution in [2.24, 2.45) is 0 Å². The maximum Gasteiger partial charge on any atom is 0.263 e. The molecular formula is C23H27ClN2O4. The van der Waals surface area contributed by atoms with E-state index in [9.17, 15) is 9.59 Å². The molecule has 30 heavy (non-hydrogen) atoms. The van der Waals surface area contributed by atoms with Gasteiger partial charge in [0, 0.05) is 31.2 Å². The lowest BCUT2D eigenvalue weighted by atomic mass is 10.1. The number of carbonyl (C=O) groups is 2. The zero-order valence-electron chi connectivity index (χ0n) is 17.6. The monoisotopic (exact) mass is 430 g/mol. The summed E-state index contributed by atoms with van der Waals surface area (Å²) in [6.07, 6.45) is -0.610. The minimum absolute atomic E-state index is 0.00563. The summed E-state index contributed by atoms with van der Waals surface area (Å²) in [5.41, 5.74) is 2.16. The Kier molecular flexibility index (Phi) is 7.21. The molecule has 0 radical (unpaired) electrons. The molecule has 1 atom stereocenters. The molecule has 2 aromatic carbocycles. The van der Waals surface area contributed by atoms with E-state index in [1.165, 1.54) is 0 Å². The van der Waals surface area contributed by atoms with Crippen LogP contribution in [-0.4, -0.2) is 60.5 Å². The highest BCUT2D eigenvalue weighted by Gasteiger charge is 2.28. The number of nitrogens with zero attached hydrogens (tertiary/aromatic N) is 2. The van der Waals surface area contributed by atoms with Crippen LogP contribution >= 0.6 is 11.6 Å². The number of halogens is 1. The van der Waals surface area contributed by atoms with Crippen LogP contribution in [0.5, 0.6) is 11.5 Å². The summed E-state index contributed by atoms with van der Waals surface area (Å²) >= 11 is 5.87. The van der Waals surface area contributed by atoms with E-state index in [1.807, 2.05) is 32.0 Å². The minimum Gasteiger partial charge on any atom is -0.483 e. The molecule has 0 bridgehead atoms. The average Bonchev–Trinajstić information content (AvgIpc) is 2.75. The van der Waals surface area contributed by atoms with Crippen LogP contribution in [-0.2, 0) is 9.59 Å². The molecule has 1 aliphatic heterocycles. The molecular weight excluding hydrogens is 404 g/mol. The number of carbonyl (C=O) groups excluding carboxylic acids is 2. The summed E-state index contributed by atoms with van der Waals surface area (Å²) in [5.74, 6) is 1.15. The maximum absolute atomic E-state index is 12.7. The standard InChI is InChI=1S/C23H27ClN2O4/c1-16-5-4-6-21(17(16)2)29-15-22(27)25-11-13-26(14-12-25)23(28)18(3)30-20-9-7-19(24)8-10-20/h4-10,18H,11-15H2,1-3H3. The number of rotatable bonds is 6. The van der Waals surface area contributed by atoms with Gasteiger partial charge in [0.15, 0.2) is 12.7 Å². The maximum atomic E-state index is 12.7. The Morgan fingerprint density at radius 2 is 1.63 bits per heavy atom. The van der Waals surface area contributed by atoms with Gasteiger partial charge in [-0.25, -0.2) is 0 Å². The van der Waals surface area contributed by atoms with E-state index in [2.05, 4.69) is 0 Å². The fraction of sp³-hybridized carbons (Fsp3) is 0.391. The Labute approximate surface area is 182 Å². The molecule has 6 nitrogen and oxygen atoms in total. The highest BCUT2D eigenvalue weighted by molar-refractivity contribution is 6.30. The van der Waals surface area contributed by atoms with Crippen LogP contribution in [0.1, 0.15) is 18.1 Å². The molecule has 1 fully saturated rings. The molecule has 160 valence electrons. The predicted octanol–water partition coefficient (Wildman–Crippen LogP) is 3.47. The quantitative estimate of drug-likeness (QED) is 0.704. The molecule has 2 amide bonds. The van der Waals surface area contributed by atoms with Gasteiger partial charge in [0.25, 0.3) is 11.8 Å². The van der Waals surface area contributed by atoms with Gasteiger partial charge in [-0.1, -0.05) is 23.7 Å². The van der Waals surface area contributed by atoms with Gasteiger partial charge in [0.2, 0.25) is 0 Å². The Morgan fingerprint density at radius 1 is 1.00 bits per heavy atom. The smallest absolute Gasteiger partial charge is 0.263 e. The summed E-state index contributed by atoms with van der Waals surface area (Å²) in [4.78, 5) is 28.6. The van der Waals surface area contributed by atoms with Crippen molar-refractivity contribution < 1.29 is 19.1 Å². The average molecular weight is 431 g/mol. The Morgan fingerprint density at radius 3 is 2.30 bits per heavy atom. The number of ether oxygens (including phenoxy) is 2. The van der Waals surface area contributed by atoms with Crippen LogP contribution in [0.15, 0.2) is 42.5 Å². The predicted molar refractivity (Wildman–Crippen MR) is 116 cm³/mol. The van der Waals surface area contributed by atoms with E-state index in [0.29, 0.717) is 37.0 Å². The SMILES string of the molecule is Cc1cccc(OCC(=O)N2CCN(C(=O)C(C)Oc3ccc(Cl)cc3)CC2)c1C. The molecule has 0 aliphatic carbocycles. The molecule has 1 aliphatic rings. The third-order valence-corrected chi connectivity index (χ3v) is 5.58. The second-order valence-electron chi connectivity index (χ2n) is 7.41. The second kappa shape index (κ2) is 9.85. The number of benzene rings is 2. The van der Waals surface area contributed by atoms with Gasteiger partial charge in [-0.2, -0.15) is 0 Å². The van der Waals surface area contributed by atoms with Crippen LogP contribution in [0.25, 0.3) is 0 Å². The number of piperazine rings is 1. The van der Waals surface area contributed by atoms with Crippen molar-refractivity contribution in [1.29, 1.82) is 0 Å². The van der Waals surface area contributed by atoms with Crippen LogP contribution in [0.3, 0.4) is 0 Å². The van der Waals surface area contributed by atoms with Gasteiger partial charge >= 0.3 is 0 Å². The van der Waals surface area contributed by atoms with Crippen molar-refractivity contribution >= 4 is 23.4 Å². The lowest BCUT2D eigenvalue weighted by Gasteiger charge is -2.35. The van der Waals surface area contributed by atoms with Crippen molar-refractivity contribution in [1.82, 2.24) is 9.80 Å². The first-order valence-electron chi connectivity index (χ1n) is 10.0. The van der Waals surface area contributed by atoms with Gasteiger partial charge in [-0.05, 0) is 62.2 Å². The van der Waals surface area contributed by atoms with Crippen molar-refractivity contribution in [3.63, 3.8) is 0 Å².